The predicted molar refractivity (Wildman–Crippen MR) is 93.4 cm³/mol. The molecule has 0 amide bonds. The van der Waals surface area contributed by atoms with Crippen LogP contribution in [0.25, 0.3) is 0 Å². The van der Waals surface area contributed by atoms with Crippen molar-refractivity contribution in [2.45, 2.75) is 59.0 Å². The number of benzene rings is 1. The Kier molecular flexibility index (Phi) is 5.95. The van der Waals surface area contributed by atoms with E-state index in [0.717, 1.165) is 30.6 Å². The highest BCUT2D eigenvalue weighted by atomic mass is 35.5. The topological polar surface area (TPSA) is 15.3 Å². The Bertz CT molecular complexity index is 455. The standard InChI is InChI=1S/C18H29ClN2/c1-5-10-20-14(4)17-9-8-16(11-18(17)19)21(12-13(2)3)15-6-7-15/h8-9,11,13-15,20H,5-7,10,12H2,1-4H3. The van der Waals surface area contributed by atoms with Crippen LogP contribution in [0.4, 0.5) is 5.69 Å². The molecule has 1 aliphatic rings. The largest absolute Gasteiger partial charge is 0.368 e. The van der Waals surface area contributed by atoms with E-state index in [2.05, 4.69) is 56.1 Å². The molecular weight excluding hydrogens is 280 g/mol. The van der Waals surface area contributed by atoms with Gasteiger partial charge < -0.3 is 10.2 Å². The van der Waals surface area contributed by atoms with Gasteiger partial charge >= 0.3 is 0 Å². The summed E-state index contributed by atoms with van der Waals surface area (Å²) in [4.78, 5) is 2.53. The van der Waals surface area contributed by atoms with Gasteiger partial charge in [0.15, 0.2) is 0 Å². The lowest BCUT2D eigenvalue weighted by Crippen LogP contribution is -2.29. The third kappa shape index (κ3) is 4.62. The van der Waals surface area contributed by atoms with Crippen molar-refractivity contribution in [1.29, 1.82) is 0 Å². The summed E-state index contributed by atoms with van der Waals surface area (Å²) in [6, 6.07) is 7.63. The van der Waals surface area contributed by atoms with E-state index < -0.39 is 0 Å². The molecular formula is C18H29ClN2. The Hall–Kier alpha value is -0.730. The Morgan fingerprint density at radius 3 is 2.52 bits per heavy atom. The van der Waals surface area contributed by atoms with Gasteiger partial charge in [-0.3, -0.25) is 0 Å². The molecule has 1 aromatic rings. The molecule has 2 nitrogen and oxygen atoms in total. The Morgan fingerprint density at radius 2 is 2.00 bits per heavy atom. The van der Waals surface area contributed by atoms with Gasteiger partial charge in [0.2, 0.25) is 0 Å². The number of anilines is 1. The van der Waals surface area contributed by atoms with Crippen LogP contribution in [0.2, 0.25) is 5.02 Å². The lowest BCUT2D eigenvalue weighted by Gasteiger charge is -2.27. The van der Waals surface area contributed by atoms with Crippen LogP contribution in [0, 0.1) is 5.92 Å². The highest BCUT2D eigenvalue weighted by molar-refractivity contribution is 6.31. The normalized spacial score (nSPS) is 16.3. The molecule has 0 radical (unpaired) electrons. The minimum Gasteiger partial charge on any atom is -0.368 e. The fraction of sp³-hybridized carbons (Fsp3) is 0.667. The Balaban J connectivity index is 2.13. The molecule has 0 heterocycles. The smallest absolute Gasteiger partial charge is 0.0474 e. The van der Waals surface area contributed by atoms with Crippen molar-refractivity contribution in [2.75, 3.05) is 18.0 Å². The summed E-state index contributed by atoms with van der Waals surface area (Å²) in [6.07, 6.45) is 3.78. The third-order valence-electron chi connectivity index (χ3n) is 4.03. The molecule has 1 unspecified atom stereocenters. The molecule has 1 atom stereocenters. The third-order valence-corrected chi connectivity index (χ3v) is 4.36. The maximum atomic E-state index is 6.54. The molecule has 21 heavy (non-hydrogen) atoms. The van der Waals surface area contributed by atoms with Gasteiger partial charge in [-0.2, -0.15) is 0 Å². The summed E-state index contributed by atoms with van der Waals surface area (Å²) < 4.78 is 0. The zero-order valence-electron chi connectivity index (χ0n) is 13.8. The lowest BCUT2D eigenvalue weighted by atomic mass is 10.1. The van der Waals surface area contributed by atoms with E-state index in [-0.39, 0.29) is 0 Å². The van der Waals surface area contributed by atoms with Crippen LogP contribution < -0.4 is 10.2 Å². The summed E-state index contributed by atoms with van der Waals surface area (Å²) >= 11 is 6.54. The van der Waals surface area contributed by atoms with E-state index >= 15 is 0 Å². The van der Waals surface area contributed by atoms with E-state index in [1.165, 1.54) is 24.1 Å². The summed E-state index contributed by atoms with van der Waals surface area (Å²) in [5, 5.41) is 4.39. The first-order chi connectivity index (χ1) is 10.0. The van der Waals surface area contributed by atoms with Crippen LogP contribution in [0.5, 0.6) is 0 Å². The van der Waals surface area contributed by atoms with Crippen LogP contribution >= 0.6 is 11.6 Å². The molecule has 0 spiro atoms. The van der Waals surface area contributed by atoms with Crippen molar-refractivity contribution >= 4 is 17.3 Å². The zero-order valence-corrected chi connectivity index (χ0v) is 14.6. The molecule has 0 aliphatic heterocycles. The van der Waals surface area contributed by atoms with Crippen LogP contribution in [0.1, 0.15) is 58.6 Å². The average molecular weight is 309 g/mol. The van der Waals surface area contributed by atoms with Gasteiger partial charge in [-0.15, -0.1) is 0 Å². The van der Waals surface area contributed by atoms with Gasteiger partial charge in [0.25, 0.3) is 0 Å². The van der Waals surface area contributed by atoms with Gasteiger partial charge in [0.1, 0.15) is 0 Å². The first-order valence-electron chi connectivity index (χ1n) is 8.32. The van der Waals surface area contributed by atoms with Crippen molar-refractivity contribution in [3.8, 4) is 0 Å². The fourth-order valence-corrected chi connectivity index (χ4v) is 3.10. The number of hydrogen-bond acceptors (Lipinski definition) is 2. The second-order valence-electron chi connectivity index (χ2n) is 6.66. The summed E-state index contributed by atoms with van der Waals surface area (Å²) in [5.41, 5.74) is 2.48. The SMILES string of the molecule is CCCNC(C)c1ccc(N(CC(C)C)C2CC2)cc1Cl. The molecule has 118 valence electrons. The molecule has 3 heteroatoms. The van der Waals surface area contributed by atoms with E-state index in [9.17, 15) is 0 Å². The number of rotatable bonds is 8. The molecule has 1 aliphatic carbocycles. The number of halogens is 1. The Labute approximate surface area is 134 Å². The van der Waals surface area contributed by atoms with Crippen LogP contribution in [0.15, 0.2) is 18.2 Å². The molecule has 1 N–H and O–H groups in total. The van der Waals surface area contributed by atoms with Crippen LogP contribution in [0.3, 0.4) is 0 Å². The van der Waals surface area contributed by atoms with Crippen LogP contribution in [-0.2, 0) is 0 Å². The highest BCUT2D eigenvalue weighted by Gasteiger charge is 2.29. The molecule has 1 saturated carbocycles. The van der Waals surface area contributed by atoms with E-state index in [4.69, 9.17) is 11.6 Å². The molecule has 1 aromatic carbocycles. The van der Waals surface area contributed by atoms with E-state index in [0.29, 0.717) is 12.0 Å². The second kappa shape index (κ2) is 7.51. The quantitative estimate of drug-likeness (QED) is 0.725. The maximum Gasteiger partial charge on any atom is 0.0474 e. The van der Waals surface area contributed by atoms with Crippen molar-refractivity contribution in [2.24, 2.45) is 5.92 Å². The van der Waals surface area contributed by atoms with Gasteiger partial charge in [0, 0.05) is 29.3 Å². The molecule has 1 fully saturated rings. The monoisotopic (exact) mass is 308 g/mol. The minimum atomic E-state index is 0.311. The Morgan fingerprint density at radius 1 is 1.29 bits per heavy atom. The summed E-state index contributed by atoms with van der Waals surface area (Å²) in [7, 11) is 0. The molecule has 2 rings (SSSR count). The number of hydrogen-bond donors (Lipinski definition) is 1. The average Bonchev–Trinajstić information content (AvgIpc) is 3.26. The van der Waals surface area contributed by atoms with E-state index in [1.807, 2.05) is 0 Å². The van der Waals surface area contributed by atoms with Crippen LogP contribution in [-0.4, -0.2) is 19.1 Å². The van der Waals surface area contributed by atoms with Crippen molar-refractivity contribution in [3.63, 3.8) is 0 Å². The molecule has 0 aromatic heterocycles. The molecule has 0 bridgehead atoms. The van der Waals surface area contributed by atoms with Gasteiger partial charge in [-0.25, -0.2) is 0 Å². The van der Waals surface area contributed by atoms with Crippen molar-refractivity contribution < 1.29 is 0 Å². The number of nitrogens with zero attached hydrogens (tertiary/aromatic N) is 1. The maximum absolute atomic E-state index is 6.54. The van der Waals surface area contributed by atoms with Crippen molar-refractivity contribution in [3.05, 3.63) is 28.8 Å². The lowest BCUT2D eigenvalue weighted by molar-refractivity contribution is 0.570. The fourth-order valence-electron chi connectivity index (χ4n) is 2.76. The zero-order chi connectivity index (χ0) is 15.4. The molecule has 0 saturated heterocycles. The van der Waals surface area contributed by atoms with Gasteiger partial charge in [-0.05, 0) is 56.3 Å². The van der Waals surface area contributed by atoms with Gasteiger partial charge in [0.05, 0.1) is 0 Å². The second-order valence-corrected chi connectivity index (χ2v) is 7.07. The highest BCUT2D eigenvalue weighted by Crippen LogP contribution is 2.35. The minimum absolute atomic E-state index is 0.311. The van der Waals surface area contributed by atoms with Crippen molar-refractivity contribution in [1.82, 2.24) is 5.32 Å². The van der Waals surface area contributed by atoms with E-state index in [1.54, 1.807) is 0 Å². The first kappa shape index (κ1) is 16.6. The number of nitrogens with one attached hydrogen (secondary N) is 1. The summed E-state index contributed by atoms with van der Waals surface area (Å²) in [6.45, 7) is 11.1. The van der Waals surface area contributed by atoms with Gasteiger partial charge in [-0.1, -0.05) is 38.4 Å². The first-order valence-corrected chi connectivity index (χ1v) is 8.70. The predicted octanol–water partition coefficient (Wildman–Crippen LogP) is 5.03. The summed E-state index contributed by atoms with van der Waals surface area (Å²) in [5.74, 6) is 0.675.